The van der Waals surface area contributed by atoms with E-state index in [2.05, 4.69) is 35.8 Å². The molecule has 2 atom stereocenters. The highest BCUT2D eigenvalue weighted by Crippen LogP contribution is 2.37. The van der Waals surface area contributed by atoms with Crippen molar-refractivity contribution in [1.29, 1.82) is 0 Å². The maximum Gasteiger partial charge on any atom is 0.135 e. The first kappa shape index (κ1) is 15.0. The Hall–Kier alpha value is -2.24. The summed E-state index contributed by atoms with van der Waals surface area (Å²) in [5.74, 6) is 3.69. The highest BCUT2D eigenvalue weighted by molar-refractivity contribution is 5.52. The Balaban J connectivity index is 1.33. The average Bonchev–Trinajstić information content (AvgIpc) is 3.20. The molecule has 0 radical (unpaired) electrons. The number of anilines is 2. The van der Waals surface area contributed by atoms with Crippen molar-refractivity contribution in [3.63, 3.8) is 0 Å². The van der Waals surface area contributed by atoms with Crippen LogP contribution in [-0.4, -0.2) is 46.1 Å². The number of hydrogen-bond donors (Lipinski definition) is 0. The third kappa shape index (κ3) is 2.64. The third-order valence-electron chi connectivity index (χ3n) is 6.00. The Morgan fingerprint density at radius 3 is 2.36 bits per heavy atom. The fraction of sp³-hybridized carbons (Fsp3) is 0.579. The monoisotopic (exact) mass is 336 g/mol. The van der Waals surface area contributed by atoms with Gasteiger partial charge in [0.2, 0.25) is 0 Å². The van der Waals surface area contributed by atoms with Gasteiger partial charge in [-0.25, -0.2) is 19.9 Å². The van der Waals surface area contributed by atoms with E-state index in [1.165, 1.54) is 29.9 Å². The summed E-state index contributed by atoms with van der Waals surface area (Å²) in [5.41, 5.74) is 3.74. The number of aromatic nitrogens is 4. The molecule has 0 aromatic carbocycles. The molecule has 2 fully saturated rings. The first-order valence-electron chi connectivity index (χ1n) is 9.39. The molecule has 1 aliphatic carbocycles. The second kappa shape index (κ2) is 5.93. The van der Waals surface area contributed by atoms with Gasteiger partial charge in [0.25, 0.3) is 0 Å². The summed E-state index contributed by atoms with van der Waals surface area (Å²) in [7, 11) is 0. The summed E-state index contributed by atoms with van der Waals surface area (Å²) in [6.45, 7) is 6.42. The van der Waals surface area contributed by atoms with Crippen LogP contribution >= 0.6 is 0 Å². The van der Waals surface area contributed by atoms with Gasteiger partial charge in [0.1, 0.15) is 24.3 Å². The lowest BCUT2D eigenvalue weighted by molar-refractivity contribution is 0.533. The van der Waals surface area contributed by atoms with Gasteiger partial charge >= 0.3 is 0 Å². The molecule has 2 aromatic rings. The molecule has 3 aliphatic rings. The predicted octanol–water partition coefficient (Wildman–Crippen LogP) is 2.03. The van der Waals surface area contributed by atoms with Crippen molar-refractivity contribution < 1.29 is 0 Å². The van der Waals surface area contributed by atoms with Gasteiger partial charge in [-0.05, 0) is 32.6 Å². The minimum absolute atomic E-state index is 0.699. The van der Waals surface area contributed by atoms with Crippen LogP contribution in [0.5, 0.6) is 0 Å². The number of hydrogen-bond acceptors (Lipinski definition) is 6. The first-order valence-corrected chi connectivity index (χ1v) is 9.39. The number of aryl methyl sites for hydroxylation is 2. The fourth-order valence-corrected chi connectivity index (χ4v) is 4.74. The van der Waals surface area contributed by atoms with E-state index in [-0.39, 0.29) is 0 Å². The molecule has 0 spiro atoms. The molecule has 6 heteroatoms. The van der Waals surface area contributed by atoms with Crippen LogP contribution < -0.4 is 9.80 Å². The number of nitrogens with zero attached hydrogens (tertiary/aromatic N) is 6. The normalized spacial score (nSPS) is 25.2. The van der Waals surface area contributed by atoms with Crippen molar-refractivity contribution in [3.05, 3.63) is 35.7 Å². The van der Waals surface area contributed by atoms with Crippen LogP contribution in [-0.2, 0) is 12.8 Å². The minimum atomic E-state index is 0.699. The summed E-state index contributed by atoms with van der Waals surface area (Å²) in [6.07, 6.45) is 8.24. The van der Waals surface area contributed by atoms with Crippen molar-refractivity contribution >= 4 is 11.6 Å². The lowest BCUT2D eigenvalue weighted by Gasteiger charge is -2.26. The summed E-state index contributed by atoms with van der Waals surface area (Å²) < 4.78 is 0. The van der Waals surface area contributed by atoms with Crippen molar-refractivity contribution in [1.82, 2.24) is 19.9 Å². The third-order valence-corrected chi connectivity index (χ3v) is 6.00. The van der Waals surface area contributed by atoms with Crippen molar-refractivity contribution in [2.75, 3.05) is 36.0 Å². The zero-order valence-electron chi connectivity index (χ0n) is 14.7. The van der Waals surface area contributed by atoms with E-state index in [9.17, 15) is 0 Å². The first-order chi connectivity index (χ1) is 12.3. The summed E-state index contributed by atoms with van der Waals surface area (Å²) >= 11 is 0. The predicted molar refractivity (Wildman–Crippen MR) is 96.8 cm³/mol. The number of rotatable bonds is 2. The van der Waals surface area contributed by atoms with Gasteiger partial charge in [-0.15, -0.1) is 0 Å². The molecular formula is C19H24N6. The smallest absolute Gasteiger partial charge is 0.135 e. The van der Waals surface area contributed by atoms with Crippen molar-refractivity contribution in [3.8, 4) is 0 Å². The molecule has 2 aromatic heterocycles. The maximum atomic E-state index is 4.67. The molecule has 25 heavy (non-hydrogen) atoms. The molecular weight excluding hydrogens is 312 g/mol. The zero-order chi connectivity index (χ0) is 16.8. The Morgan fingerprint density at radius 1 is 0.840 bits per heavy atom. The summed E-state index contributed by atoms with van der Waals surface area (Å²) in [5, 5.41) is 0. The van der Waals surface area contributed by atoms with Gasteiger partial charge in [0, 0.05) is 61.0 Å². The highest BCUT2D eigenvalue weighted by Gasteiger charge is 2.41. The van der Waals surface area contributed by atoms with Gasteiger partial charge in [0.05, 0.1) is 0 Å². The van der Waals surface area contributed by atoms with Crippen LogP contribution in [0.2, 0.25) is 0 Å². The van der Waals surface area contributed by atoms with Gasteiger partial charge in [-0.3, -0.25) is 0 Å². The molecule has 2 unspecified atom stereocenters. The molecule has 0 saturated carbocycles. The molecule has 4 heterocycles. The van der Waals surface area contributed by atoms with Crippen molar-refractivity contribution in [2.24, 2.45) is 11.8 Å². The van der Waals surface area contributed by atoms with Crippen LogP contribution in [0.15, 0.2) is 18.7 Å². The van der Waals surface area contributed by atoms with Gasteiger partial charge < -0.3 is 9.80 Å². The second-order valence-corrected chi connectivity index (χ2v) is 7.68. The molecule has 130 valence electrons. The van der Waals surface area contributed by atoms with E-state index in [0.717, 1.165) is 50.5 Å². The van der Waals surface area contributed by atoms with Gasteiger partial charge in [-0.2, -0.15) is 0 Å². The highest BCUT2D eigenvalue weighted by atomic mass is 15.3. The van der Waals surface area contributed by atoms with Crippen LogP contribution in [0.1, 0.15) is 29.8 Å². The Morgan fingerprint density at radius 2 is 1.56 bits per heavy atom. The fourth-order valence-electron chi connectivity index (χ4n) is 4.74. The molecule has 0 bridgehead atoms. The van der Waals surface area contributed by atoms with Crippen LogP contribution in [0.4, 0.5) is 11.6 Å². The molecule has 0 amide bonds. The van der Waals surface area contributed by atoms with Crippen LogP contribution in [0.25, 0.3) is 0 Å². The summed E-state index contributed by atoms with van der Waals surface area (Å²) in [4.78, 5) is 22.8. The second-order valence-electron chi connectivity index (χ2n) is 7.68. The Bertz CT molecular complexity index is 777. The van der Waals surface area contributed by atoms with E-state index in [1.54, 1.807) is 12.7 Å². The topological polar surface area (TPSA) is 58.0 Å². The summed E-state index contributed by atoms with van der Waals surface area (Å²) in [6, 6.07) is 2.10. The van der Waals surface area contributed by atoms with E-state index in [1.807, 2.05) is 6.92 Å². The van der Waals surface area contributed by atoms with E-state index < -0.39 is 0 Å². The van der Waals surface area contributed by atoms with Gasteiger partial charge in [0.15, 0.2) is 0 Å². The largest absolute Gasteiger partial charge is 0.356 e. The standard InChI is InChI=1S/C19H24N6/c1-13-6-18(22-11-20-13)24-7-14-9-25(10-15(14)8-24)19-16-4-2-3-5-17(16)21-12-23-19/h6,11-12,14-15H,2-5,7-10H2,1H3. The molecule has 2 aliphatic heterocycles. The SMILES string of the molecule is Cc1cc(N2CC3CN(c4ncnc5c4CCCC5)CC3C2)ncn1. The van der Waals surface area contributed by atoms with E-state index in [0.29, 0.717) is 11.8 Å². The molecule has 0 N–H and O–H groups in total. The van der Waals surface area contributed by atoms with Crippen LogP contribution in [0, 0.1) is 18.8 Å². The molecule has 6 nitrogen and oxygen atoms in total. The quantitative estimate of drug-likeness (QED) is 0.836. The lowest BCUT2D eigenvalue weighted by atomic mass is 9.96. The Kier molecular flexibility index (Phi) is 3.57. The Labute approximate surface area is 148 Å². The molecule has 5 rings (SSSR count). The van der Waals surface area contributed by atoms with Gasteiger partial charge in [-0.1, -0.05) is 0 Å². The van der Waals surface area contributed by atoms with Crippen molar-refractivity contribution in [2.45, 2.75) is 32.6 Å². The maximum absolute atomic E-state index is 4.67. The molecule has 2 saturated heterocycles. The van der Waals surface area contributed by atoms with E-state index in [4.69, 9.17) is 0 Å². The minimum Gasteiger partial charge on any atom is -0.356 e. The van der Waals surface area contributed by atoms with E-state index >= 15 is 0 Å². The van der Waals surface area contributed by atoms with Crippen LogP contribution in [0.3, 0.4) is 0 Å². The lowest BCUT2D eigenvalue weighted by Crippen LogP contribution is -2.30. The zero-order valence-corrected chi connectivity index (χ0v) is 14.7. The number of fused-ring (bicyclic) bond motifs is 2. The average molecular weight is 336 g/mol.